The number of ether oxygens (including phenoxy) is 3. The molecule has 2 heterocycles. The van der Waals surface area contributed by atoms with Crippen molar-refractivity contribution in [3.05, 3.63) is 70.9 Å². The van der Waals surface area contributed by atoms with Crippen LogP contribution in [0.1, 0.15) is 73.1 Å². The number of aliphatic hydroxyl groups is 2. The number of hydrogen-bond donors (Lipinski definition) is 3. The number of Topliss-reactive ketones (excluding diaryl/α,β-unsaturated/α-hetero) is 1. The molecule has 0 spiro atoms. The Balaban J connectivity index is 1.43. The molecule has 1 aromatic heterocycles. The first kappa shape index (κ1) is 29.0. The van der Waals surface area contributed by atoms with E-state index in [1.807, 2.05) is 37.3 Å². The molecule has 8 nitrogen and oxygen atoms in total. The second-order valence-corrected chi connectivity index (χ2v) is 11.7. The van der Waals surface area contributed by atoms with Crippen molar-refractivity contribution in [3.8, 4) is 28.5 Å². The van der Waals surface area contributed by atoms with Crippen molar-refractivity contribution in [2.75, 3.05) is 20.3 Å². The SMILES string of the molecule is COc1cc(C(=O)CCC(C)(O)c2cc3c(c(-c4ccc(C)cc4)n2)OCCC3(N)C2CC2)ccc1OCC(C)O. The lowest BCUT2D eigenvalue weighted by Gasteiger charge is -2.38. The van der Waals surface area contributed by atoms with Crippen LogP contribution in [0.4, 0.5) is 0 Å². The van der Waals surface area contributed by atoms with Crippen molar-refractivity contribution >= 4 is 5.78 Å². The zero-order valence-corrected chi connectivity index (χ0v) is 24.3. The summed E-state index contributed by atoms with van der Waals surface area (Å²) in [4.78, 5) is 18.1. The fourth-order valence-corrected chi connectivity index (χ4v) is 5.49. The number of nitrogens with two attached hydrogens (primary N) is 1. The Morgan fingerprint density at radius 1 is 1.20 bits per heavy atom. The number of aromatic nitrogens is 1. The van der Waals surface area contributed by atoms with Crippen LogP contribution >= 0.6 is 0 Å². The number of methoxy groups -OCH3 is 1. The van der Waals surface area contributed by atoms with Crippen LogP contribution in [0.25, 0.3) is 11.3 Å². The van der Waals surface area contributed by atoms with Gasteiger partial charge in [-0.25, -0.2) is 4.98 Å². The van der Waals surface area contributed by atoms with E-state index in [0.29, 0.717) is 53.1 Å². The number of aliphatic hydroxyl groups excluding tert-OH is 1. The van der Waals surface area contributed by atoms with Gasteiger partial charge in [-0.05, 0) is 70.2 Å². The number of nitrogens with zero attached hydrogens (tertiary/aromatic N) is 1. The van der Waals surface area contributed by atoms with Crippen molar-refractivity contribution < 1.29 is 29.2 Å². The summed E-state index contributed by atoms with van der Waals surface area (Å²) in [6, 6.07) is 14.9. The molecule has 4 N–H and O–H groups in total. The summed E-state index contributed by atoms with van der Waals surface area (Å²) in [6.45, 7) is 5.99. The first-order valence-electron chi connectivity index (χ1n) is 14.3. The maximum atomic E-state index is 13.2. The maximum Gasteiger partial charge on any atom is 0.163 e. The molecule has 1 fully saturated rings. The van der Waals surface area contributed by atoms with E-state index in [1.54, 1.807) is 32.0 Å². The van der Waals surface area contributed by atoms with Gasteiger partial charge in [-0.2, -0.15) is 0 Å². The van der Waals surface area contributed by atoms with E-state index < -0.39 is 17.2 Å². The van der Waals surface area contributed by atoms with Gasteiger partial charge in [0.2, 0.25) is 0 Å². The van der Waals surface area contributed by atoms with Gasteiger partial charge in [-0.15, -0.1) is 0 Å². The summed E-state index contributed by atoms with van der Waals surface area (Å²) in [5.74, 6) is 1.77. The predicted octanol–water partition coefficient (Wildman–Crippen LogP) is 5.04. The molecule has 0 bridgehead atoms. The van der Waals surface area contributed by atoms with Gasteiger partial charge in [0, 0.05) is 29.5 Å². The van der Waals surface area contributed by atoms with E-state index in [1.165, 1.54) is 7.11 Å². The number of benzene rings is 2. The van der Waals surface area contributed by atoms with Crippen LogP contribution < -0.4 is 19.9 Å². The smallest absolute Gasteiger partial charge is 0.163 e. The molecule has 1 aliphatic carbocycles. The number of aryl methyl sites for hydroxylation is 1. The first-order valence-corrected chi connectivity index (χ1v) is 14.3. The highest BCUT2D eigenvalue weighted by molar-refractivity contribution is 5.96. The summed E-state index contributed by atoms with van der Waals surface area (Å²) >= 11 is 0. The van der Waals surface area contributed by atoms with Gasteiger partial charge < -0.3 is 30.2 Å². The average Bonchev–Trinajstić information content (AvgIpc) is 3.81. The molecule has 8 heteroatoms. The van der Waals surface area contributed by atoms with E-state index >= 15 is 0 Å². The highest BCUT2D eigenvalue weighted by atomic mass is 16.5. The second kappa shape index (κ2) is 11.4. The number of carbonyl (C=O) groups excluding carboxylic acids is 1. The third kappa shape index (κ3) is 6.10. The van der Waals surface area contributed by atoms with Crippen molar-refractivity contribution in [1.82, 2.24) is 4.98 Å². The van der Waals surface area contributed by atoms with Gasteiger partial charge in [-0.3, -0.25) is 4.79 Å². The van der Waals surface area contributed by atoms with Gasteiger partial charge in [0.05, 0.1) is 31.1 Å². The van der Waals surface area contributed by atoms with Crippen LogP contribution in [0.5, 0.6) is 17.2 Å². The van der Waals surface area contributed by atoms with Gasteiger partial charge in [-0.1, -0.05) is 29.8 Å². The minimum atomic E-state index is -1.39. The molecular weight excluding hydrogens is 520 g/mol. The van der Waals surface area contributed by atoms with Crippen LogP contribution in [0.2, 0.25) is 0 Å². The summed E-state index contributed by atoms with van der Waals surface area (Å²) < 4.78 is 17.2. The Hall–Kier alpha value is -3.46. The molecule has 2 aromatic carbocycles. The molecule has 5 rings (SSSR count). The zero-order chi connectivity index (χ0) is 29.4. The topological polar surface area (TPSA) is 124 Å². The minimum absolute atomic E-state index is 0.0928. The van der Waals surface area contributed by atoms with Gasteiger partial charge >= 0.3 is 0 Å². The summed E-state index contributed by atoms with van der Waals surface area (Å²) in [5, 5.41) is 21.2. The summed E-state index contributed by atoms with van der Waals surface area (Å²) in [7, 11) is 1.50. The van der Waals surface area contributed by atoms with Crippen molar-refractivity contribution in [2.24, 2.45) is 11.7 Å². The quantitative estimate of drug-likeness (QED) is 0.279. The third-order valence-electron chi connectivity index (χ3n) is 8.22. The van der Waals surface area contributed by atoms with Crippen LogP contribution in [-0.2, 0) is 11.1 Å². The Morgan fingerprint density at radius 2 is 1.93 bits per heavy atom. The lowest BCUT2D eigenvalue weighted by molar-refractivity contribution is 0.0393. The van der Waals surface area contributed by atoms with E-state index in [0.717, 1.165) is 29.5 Å². The largest absolute Gasteiger partial charge is 0.493 e. The zero-order valence-electron chi connectivity index (χ0n) is 24.3. The summed E-state index contributed by atoms with van der Waals surface area (Å²) in [5.41, 5.74) is 9.62. The van der Waals surface area contributed by atoms with E-state index in [9.17, 15) is 15.0 Å². The van der Waals surface area contributed by atoms with Crippen molar-refractivity contribution in [1.29, 1.82) is 0 Å². The van der Waals surface area contributed by atoms with Crippen molar-refractivity contribution in [2.45, 2.75) is 70.1 Å². The van der Waals surface area contributed by atoms with Crippen LogP contribution in [0.15, 0.2) is 48.5 Å². The van der Waals surface area contributed by atoms with Gasteiger partial charge in [0.1, 0.15) is 17.9 Å². The molecule has 41 heavy (non-hydrogen) atoms. The minimum Gasteiger partial charge on any atom is -0.493 e. The molecule has 3 atom stereocenters. The molecule has 2 aliphatic rings. The summed E-state index contributed by atoms with van der Waals surface area (Å²) in [6.07, 6.45) is 2.48. The maximum absolute atomic E-state index is 13.2. The van der Waals surface area contributed by atoms with Crippen molar-refractivity contribution in [3.63, 3.8) is 0 Å². The lowest BCUT2D eigenvalue weighted by Crippen LogP contribution is -2.44. The third-order valence-corrected chi connectivity index (χ3v) is 8.22. The number of pyridine rings is 1. The second-order valence-electron chi connectivity index (χ2n) is 11.7. The molecule has 0 amide bonds. The molecule has 3 aromatic rings. The molecule has 218 valence electrons. The highest BCUT2D eigenvalue weighted by Gasteiger charge is 2.48. The molecule has 1 saturated carbocycles. The number of ketones is 1. The van der Waals surface area contributed by atoms with Crippen LogP contribution in [0.3, 0.4) is 0 Å². The standard InChI is InChI=1S/C33H40N2O6/c1-20-5-7-22(8-6-20)30-31-25(33(34,15-16-40-31)24-10-11-24)18-29(35-30)32(3,38)14-13-26(37)23-9-12-27(28(17-23)39-4)41-19-21(2)36/h5-9,12,17-18,21,24,36,38H,10-11,13-16,19,34H2,1-4H3. The van der Waals surface area contributed by atoms with Gasteiger partial charge in [0.25, 0.3) is 0 Å². The number of rotatable bonds is 11. The first-order chi connectivity index (χ1) is 19.5. The Labute approximate surface area is 241 Å². The molecule has 3 unspecified atom stereocenters. The van der Waals surface area contributed by atoms with Crippen LogP contribution in [-0.4, -0.2) is 47.4 Å². The highest BCUT2D eigenvalue weighted by Crippen LogP contribution is 2.52. The fourth-order valence-electron chi connectivity index (χ4n) is 5.49. The molecule has 0 radical (unpaired) electrons. The lowest BCUT2D eigenvalue weighted by atomic mass is 9.79. The van der Waals surface area contributed by atoms with E-state index in [-0.39, 0.29) is 25.2 Å². The van der Waals surface area contributed by atoms with E-state index in [2.05, 4.69) is 0 Å². The Morgan fingerprint density at radius 3 is 2.59 bits per heavy atom. The average molecular weight is 561 g/mol. The van der Waals surface area contributed by atoms with E-state index in [4.69, 9.17) is 24.9 Å². The van der Waals surface area contributed by atoms with Crippen LogP contribution in [0, 0.1) is 12.8 Å². The number of hydrogen-bond acceptors (Lipinski definition) is 8. The fraction of sp³-hybridized carbons (Fsp3) is 0.455. The monoisotopic (exact) mass is 560 g/mol. The molecular formula is C33H40N2O6. The predicted molar refractivity (Wildman–Crippen MR) is 156 cm³/mol. The Bertz CT molecular complexity index is 1410. The molecule has 0 saturated heterocycles. The number of carbonyl (C=O) groups is 1. The molecule has 1 aliphatic heterocycles. The number of fused-ring (bicyclic) bond motifs is 1. The van der Waals surface area contributed by atoms with Gasteiger partial charge in [0.15, 0.2) is 23.0 Å². The normalized spacial score (nSPS) is 20.4. The Kier molecular flexibility index (Phi) is 8.10.